The molecular formula is C21H32O. The van der Waals surface area contributed by atoms with Gasteiger partial charge in [-0.3, -0.25) is 0 Å². The number of aryl methyl sites for hydroxylation is 2. The van der Waals surface area contributed by atoms with Gasteiger partial charge in [-0.05, 0) is 73.3 Å². The van der Waals surface area contributed by atoms with E-state index in [2.05, 4.69) is 39.0 Å². The first kappa shape index (κ1) is 16.1. The molecule has 1 N–H and O–H groups in total. The van der Waals surface area contributed by atoms with Crippen LogP contribution in [0.3, 0.4) is 0 Å². The molecule has 0 amide bonds. The van der Waals surface area contributed by atoms with Gasteiger partial charge < -0.3 is 5.11 Å². The number of hydrogen-bond acceptors (Lipinski definition) is 1. The summed E-state index contributed by atoms with van der Waals surface area (Å²) in [6.45, 7) is 7.20. The van der Waals surface area contributed by atoms with Gasteiger partial charge in [-0.2, -0.15) is 0 Å². The van der Waals surface area contributed by atoms with Gasteiger partial charge >= 0.3 is 0 Å². The van der Waals surface area contributed by atoms with Crippen LogP contribution in [0.25, 0.3) is 0 Å². The van der Waals surface area contributed by atoms with E-state index < -0.39 is 0 Å². The van der Waals surface area contributed by atoms with Crippen LogP contribution in [-0.2, 0) is 6.42 Å². The van der Waals surface area contributed by atoms with Crippen LogP contribution in [0.4, 0.5) is 0 Å². The second-order valence-corrected chi connectivity index (χ2v) is 8.11. The summed E-state index contributed by atoms with van der Waals surface area (Å²) >= 11 is 0. The van der Waals surface area contributed by atoms with Gasteiger partial charge in [0.15, 0.2) is 0 Å². The molecule has 0 radical (unpaired) electrons. The molecule has 1 saturated carbocycles. The number of aliphatic hydroxyl groups is 1. The minimum Gasteiger partial charge on any atom is -0.396 e. The zero-order valence-electron chi connectivity index (χ0n) is 14.6. The van der Waals surface area contributed by atoms with Crippen molar-refractivity contribution >= 4 is 0 Å². The zero-order chi connectivity index (χ0) is 15.7. The van der Waals surface area contributed by atoms with Crippen LogP contribution in [-0.4, -0.2) is 11.7 Å². The molecular weight excluding hydrogens is 268 g/mol. The van der Waals surface area contributed by atoms with Gasteiger partial charge in [-0.15, -0.1) is 0 Å². The molecule has 2 aliphatic rings. The van der Waals surface area contributed by atoms with Gasteiger partial charge in [0, 0.05) is 6.61 Å². The second kappa shape index (κ2) is 6.35. The van der Waals surface area contributed by atoms with Crippen molar-refractivity contribution in [3.63, 3.8) is 0 Å². The molecule has 2 aliphatic carbocycles. The van der Waals surface area contributed by atoms with Crippen LogP contribution >= 0.6 is 0 Å². The SMILES string of the molecule is CCCCC1C2CCc3cc(C)ccc3C2CC[C@]1(C)CO. The summed E-state index contributed by atoms with van der Waals surface area (Å²) in [5, 5.41) is 10.0. The predicted octanol–water partition coefficient (Wildman–Crippen LogP) is 5.24. The Balaban J connectivity index is 1.91. The van der Waals surface area contributed by atoms with Crippen LogP contribution in [0.5, 0.6) is 0 Å². The fourth-order valence-corrected chi connectivity index (χ4v) is 5.29. The number of unbranched alkanes of at least 4 members (excludes halogenated alkanes) is 1. The van der Waals surface area contributed by atoms with Gasteiger partial charge in [-0.1, -0.05) is 50.5 Å². The van der Waals surface area contributed by atoms with E-state index in [1.54, 1.807) is 11.1 Å². The van der Waals surface area contributed by atoms with E-state index in [-0.39, 0.29) is 5.41 Å². The monoisotopic (exact) mass is 300 g/mol. The molecule has 1 nitrogen and oxygen atoms in total. The molecule has 1 aromatic carbocycles. The molecule has 4 atom stereocenters. The highest BCUT2D eigenvalue weighted by Crippen LogP contribution is 2.55. The highest BCUT2D eigenvalue weighted by Gasteiger charge is 2.47. The third kappa shape index (κ3) is 2.73. The lowest BCUT2D eigenvalue weighted by atomic mass is 9.54. The average molecular weight is 300 g/mol. The molecule has 3 rings (SSSR count). The maximum Gasteiger partial charge on any atom is 0.0487 e. The number of hydrogen-bond donors (Lipinski definition) is 1. The fourth-order valence-electron chi connectivity index (χ4n) is 5.29. The first-order valence-corrected chi connectivity index (χ1v) is 9.29. The normalized spacial score (nSPS) is 34.1. The number of rotatable bonds is 4. The Morgan fingerprint density at radius 3 is 2.82 bits per heavy atom. The van der Waals surface area contributed by atoms with E-state index in [0.29, 0.717) is 12.5 Å². The lowest BCUT2D eigenvalue weighted by Gasteiger charge is -2.51. The Labute approximate surface area is 136 Å². The lowest BCUT2D eigenvalue weighted by Crippen LogP contribution is -2.44. The minimum atomic E-state index is 0.151. The molecule has 0 aromatic heterocycles. The standard InChI is InChI=1S/C21H32O/c1-4-5-6-20-19-10-8-16-13-15(2)7-9-17(16)18(19)11-12-21(20,3)14-22/h7,9,13,18-20,22H,4-6,8,10-12,14H2,1-3H3/t18?,19?,20?,21-/m1/s1. The topological polar surface area (TPSA) is 20.2 Å². The number of benzene rings is 1. The van der Waals surface area contributed by atoms with Crippen LogP contribution in [0.2, 0.25) is 0 Å². The summed E-state index contributed by atoms with van der Waals surface area (Å²) in [4.78, 5) is 0. The van der Waals surface area contributed by atoms with E-state index in [1.807, 2.05) is 0 Å². The van der Waals surface area contributed by atoms with Crippen molar-refractivity contribution < 1.29 is 5.11 Å². The highest BCUT2D eigenvalue weighted by atomic mass is 16.3. The molecule has 0 bridgehead atoms. The van der Waals surface area contributed by atoms with Crippen molar-refractivity contribution in [3.8, 4) is 0 Å². The van der Waals surface area contributed by atoms with Gasteiger partial charge in [-0.25, -0.2) is 0 Å². The van der Waals surface area contributed by atoms with E-state index in [1.165, 1.54) is 50.5 Å². The summed E-state index contributed by atoms with van der Waals surface area (Å²) in [6, 6.07) is 7.11. The van der Waals surface area contributed by atoms with E-state index >= 15 is 0 Å². The number of fused-ring (bicyclic) bond motifs is 3. The molecule has 3 unspecified atom stereocenters. The summed E-state index contributed by atoms with van der Waals surface area (Å²) in [7, 11) is 0. The van der Waals surface area contributed by atoms with Crippen molar-refractivity contribution in [2.24, 2.45) is 17.3 Å². The van der Waals surface area contributed by atoms with Crippen LogP contribution < -0.4 is 0 Å². The van der Waals surface area contributed by atoms with Crippen molar-refractivity contribution in [3.05, 3.63) is 34.9 Å². The van der Waals surface area contributed by atoms with Crippen molar-refractivity contribution in [2.45, 2.75) is 71.6 Å². The van der Waals surface area contributed by atoms with Gasteiger partial charge in [0.2, 0.25) is 0 Å². The van der Waals surface area contributed by atoms with Crippen LogP contribution in [0.1, 0.15) is 75.0 Å². The Morgan fingerprint density at radius 2 is 2.09 bits per heavy atom. The maximum absolute atomic E-state index is 10.0. The summed E-state index contributed by atoms with van der Waals surface area (Å²) in [5.74, 6) is 2.23. The minimum absolute atomic E-state index is 0.151. The van der Waals surface area contributed by atoms with E-state index in [0.717, 1.165) is 11.8 Å². The maximum atomic E-state index is 10.0. The molecule has 22 heavy (non-hydrogen) atoms. The Bertz CT molecular complexity index is 521. The Morgan fingerprint density at radius 1 is 1.27 bits per heavy atom. The molecule has 122 valence electrons. The molecule has 0 spiro atoms. The third-order valence-corrected chi connectivity index (χ3v) is 6.63. The van der Waals surface area contributed by atoms with Crippen molar-refractivity contribution in [1.29, 1.82) is 0 Å². The van der Waals surface area contributed by atoms with Gasteiger partial charge in [0.05, 0.1) is 0 Å². The Kier molecular flexibility index (Phi) is 4.64. The van der Waals surface area contributed by atoms with Crippen molar-refractivity contribution in [2.75, 3.05) is 6.61 Å². The van der Waals surface area contributed by atoms with Crippen LogP contribution in [0.15, 0.2) is 18.2 Å². The molecule has 1 fully saturated rings. The largest absolute Gasteiger partial charge is 0.396 e. The second-order valence-electron chi connectivity index (χ2n) is 8.11. The zero-order valence-corrected chi connectivity index (χ0v) is 14.6. The van der Waals surface area contributed by atoms with E-state index in [9.17, 15) is 5.11 Å². The smallest absolute Gasteiger partial charge is 0.0487 e. The molecule has 0 aliphatic heterocycles. The Hall–Kier alpha value is -0.820. The first-order chi connectivity index (χ1) is 10.6. The van der Waals surface area contributed by atoms with Gasteiger partial charge in [0.25, 0.3) is 0 Å². The molecule has 1 heteroatoms. The quantitative estimate of drug-likeness (QED) is 0.806. The van der Waals surface area contributed by atoms with Crippen molar-refractivity contribution in [1.82, 2.24) is 0 Å². The predicted molar refractivity (Wildman–Crippen MR) is 93.2 cm³/mol. The highest BCUT2D eigenvalue weighted by molar-refractivity contribution is 5.37. The van der Waals surface area contributed by atoms with Crippen LogP contribution in [0, 0.1) is 24.2 Å². The summed E-state index contributed by atoms with van der Waals surface area (Å²) < 4.78 is 0. The lowest BCUT2D eigenvalue weighted by molar-refractivity contribution is -0.0184. The van der Waals surface area contributed by atoms with E-state index in [4.69, 9.17) is 0 Å². The third-order valence-electron chi connectivity index (χ3n) is 6.63. The molecule has 0 heterocycles. The molecule has 0 saturated heterocycles. The molecule has 1 aromatic rings. The van der Waals surface area contributed by atoms with Gasteiger partial charge in [0.1, 0.15) is 0 Å². The summed E-state index contributed by atoms with van der Waals surface area (Å²) in [6.07, 6.45) is 8.89. The average Bonchev–Trinajstić information content (AvgIpc) is 2.53. The fraction of sp³-hybridized carbons (Fsp3) is 0.714. The first-order valence-electron chi connectivity index (χ1n) is 9.29. The number of aliphatic hydroxyl groups excluding tert-OH is 1. The summed E-state index contributed by atoms with van der Waals surface area (Å²) in [5.41, 5.74) is 4.78.